The fraction of sp³-hybridized carbons (Fsp3) is 0.115. The molecule has 176 valence electrons. The summed E-state index contributed by atoms with van der Waals surface area (Å²) in [6.07, 6.45) is 1.57. The van der Waals surface area contributed by atoms with Crippen LogP contribution in [0.15, 0.2) is 81.0 Å². The van der Waals surface area contributed by atoms with Crippen molar-refractivity contribution in [3.05, 3.63) is 82.6 Å². The molecule has 0 radical (unpaired) electrons. The summed E-state index contributed by atoms with van der Waals surface area (Å²) in [7, 11) is 4.63. The van der Waals surface area contributed by atoms with Gasteiger partial charge in [0, 0.05) is 10.9 Å². The zero-order valence-corrected chi connectivity index (χ0v) is 19.3. The van der Waals surface area contributed by atoms with Gasteiger partial charge in [-0.2, -0.15) is 5.10 Å². The van der Waals surface area contributed by atoms with Gasteiger partial charge in [0.1, 0.15) is 11.1 Å². The number of methoxy groups -OCH3 is 3. The predicted octanol–water partition coefficient (Wildman–Crippen LogP) is 4.60. The summed E-state index contributed by atoms with van der Waals surface area (Å²) in [6.45, 7) is 0. The Bertz CT molecular complexity index is 1580. The molecule has 0 aliphatic carbocycles. The first kappa shape index (κ1) is 22.0. The summed E-state index contributed by atoms with van der Waals surface area (Å²) in [6, 6.07) is 20.1. The van der Waals surface area contributed by atoms with Crippen molar-refractivity contribution in [2.75, 3.05) is 26.8 Å². The van der Waals surface area contributed by atoms with Crippen LogP contribution >= 0.6 is 0 Å². The summed E-state index contributed by atoms with van der Waals surface area (Å²) >= 11 is 0. The van der Waals surface area contributed by atoms with Gasteiger partial charge in [-0.3, -0.25) is 4.79 Å². The molecule has 0 aliphatic rings. The van der Waals surface area contributed by atoms with E-state index in [1.54, 1.807) is 45.7 Å². The molecule has 2 aromatic heterocycles. The van der Waals surface area contributed by atoms with Crippen LogP contribution in [0.2, 0.25) is 0 Å². The average molecular weight is 470 g/mol. The molecule has 0 aliphatic heterocycles. The highest BCUT2D eigenvalue weighted by molar-refractivity contribution is 6.02. The van der Waals surface area contributed by atoms with Crippen LogP contribution in [0.5, 0.6) is 17.2 Å². The van der Waals surface area contributed by atoms with E-state index in [4.69, 9.17) is 23.6 Å². The molecule has 0 unspecified atom stereocenters. The number of hydrogen-bond acceptors (Lipinski definition) is 8. The number of ether oxygens (including phenoxy) is 3. The van der Waals surface area contributed by atoms with Crippen LogP contribution in [-0.4, -0.2) is 37.1 Å². The minimum atomic E-state index is -0.345. The molecule has 0 fully saturated rings. The van der Waals surface area contributed by atoms with Crippen molar-refractivity contribution >= 4 is 34.2 Å². The molecule has 3 aromatic carbocycles. The van der Waals surface area contributed by atoms with E-state index in [2.05, 4.69) is 10.5 Å². The zero-order chi connectivity index (χ0) is 24.4. The van der Waals surface area contributed by atoms with E-state index in [0.717, 1.165) is 5.39 Å². The molecular formula is C26H22N4O5. The van der Waals surface area contributed by atoms with E-state index >= 15 is 0 Å². The lowest BCUT2D eigenvalue weighted by atomic mass is 10.2. The van der Waals surface area contributed by atoms with E-state index in [9.17, 15) is 4.79 Å². The molecule has 9 nitrogen and oxygen atoms in total. The van der Waals surface area contributed by atoms with E-state index in [1.807, 2.05) is 48.5 Å². The molecule has 5 rings (SSSR count). The number of aromatic nitrogens is 2. The smallest absolute Gasteiger partial charge is 0.303 e. The van der Waals surface area contributed by atoms with Gasteiger partial charge in [0.15, 0.2) is 11.5 Å². The van der Waals surface area contributed by atoms with Crippen LogP contribution in [0, 0.1) is 0 Å². The first-order chi connectivity index (χ1) is 17.1. The number of fused-ring (bicyclic) bond motifs is 3. The maximum absolute atomic E-state index is 13.5. The summed E-state index contributed by atoms with van der Waals surface area (Å²) in [5, 5.41) is 5.08. The Labute approximate surface area is 200 Å². The van der Waals surface area contributed by atoms with Crippen molar-refractivity contribution in [1.29, 1.82) is 0 Å². The number of nitrogens with zero attached hydrogens (tertiary/aromatic N) is 3. The van der Waals surface area contributed by atoms with Gasteiger partial charge in [-0.05, 0) is 36.4 Å². The van der Waals surface area contributed by atoms with Crippen molar-refractivity contribution in [3.63, 3.8) is 0 Å². The standard InChI is InChI=1S/C26H22N4O5/c1-32-20-13-16(14-21(33-2)23(20)34-3)15-27-29-26-28-22-18-11-7-8-12-19(18)35-24(22)25(31)30(26)17-9-5-4-6-10-17/h4-15H,1-3H3,(H,28,29)/b27-15+. The second-order valence-electron chi connectivity index (χ2n) is 7.52. The summed E-state index contributed by atoms with van der Waals surface area (Å²) < 4.78 is 23.4. The van der Waals surface area contributed by atoms with Crippen LogP contribution in [0.4, 0.5) is 5.95 Å². The number of hydrazone groups is 1. The second kappa shape index (κ2) is 9.22. The zero-order valence-electron chi connectivity index (χ0n) is 19.3. The molecular weight excluding hydrogens is 448 g/mol. The Kier molecular flexibility index (Phi) is 5.80. The molecule has 0 saturated heterocycles. The minimum absolute atomic E-state index is 0.175. The normalized spacial score (nSPS) is 11.3. The third kappa shape index (κ3) is 3.93. The molecule has 9 heteroatoms. The quantitative estimate of drug-likeness (QED) is 0.274. The van der Waals surface area contributed by atoms with Crippen LogP contribution in [-0.2, 0) is 0 Å². The number of nitrogens with one attached hydrogen (secondary N) is 1. The molecule has 35 heavy (non-hydrogen) atoms. The number of rotatable bonds is 7. The van der Waals surface area contributed by atoms with Gasteiger partial charge < -0.3 is 18.6 Å². The largest absolute Gasteiger partial charge is 0.493 e. The predicted molar refractivity (Wildman–Crippen MR) is 134 cm³/mol. The van der Waals surface area contributed by atoms with Gasteiger partial charge in [0.05, 0.1) is 33.2 Å². The Morgan fingerprint density at radius 1 is 0.943 bits per heavy atom. The number of hydrogen-bond donors (Lipinski definition) is 1. The Balaban J connectivity index is 1.61. The Morgan fingerprint density at radius 2 is 1.63 bits per heavy atom. The van der Waals surface area contributed by atoms with E-state index in [0.29, 0.717) is 39.6 Å². The van der Waals surface area contributed by atoms with Crippen molar-refractivity contribution in [1.82, 2.24) is 9.55 Å². The maximum Gasteiger partial charge on any atom is 0.303 e. The van der Waals surface area contributed by atoms with Crippen LogP contribution in [0.3, 0.4) is 0 Å². The van der Waals surface area contributed by atoms with E-state index < -0.39 is 0 Å². The summed E-state index contributed by atoms with van der Waals surface area (Å²) in [5.74, 6) is 1.72. The minimum Gasteiger partial charge on any atom is -0.493 e. The lowest BCUT2D eigenvalue weighted by Crippen LogP contribution is -2.22. The van der Waals surface area contributed by atoms with Crippen LogP contribution in [0.1, 0.15) is 5.56 Å². The molecule has 1 N–H and O–H groups in total. The summed E-state index contributed by atoms with van der Waals surface area (Å²) in [4.78, 5) is 18.2. The third-order valence-electron chi connectivity index (χ3n) is 5.48. The van der Waals surface area contributed by atoms with Crippen molar-refractivity contribution in [3.8, 4) is 22.9 Å². The Hall–Kier alpha value is -4.79. The number of furan rings is 1. The van der Waals surface area contributed by atoms with Gasteiger partial charge in [-0.15, -0.1) is 0 Å². The topological polar surface area (TPSA) is 100 Å². The maximum atomic E-state index is 13.5. The van der Waals surface area contributed by atoms with Gasteiger partial charge in [0.2, 0.25) is 17.3 Å². The molecule has 5 aromatic rings. The first-order valence-electron chi connectivity index (χ1n) is 10.7. The van der Waals surface area contributed by atoms with Crippen LogP contribution < -0.4 is 25.2 Å². The molecule has 0 atom stereocenters. The second-order valence-corrected chi connectivity index (χ2v) is 7.52. The molecule has 0 bridgehead atoms. The average Bonchev–Trinajstić information content (AvgIpc) is 3.27. The highest BCUT2D eigenvalue weighted by Crippen LogP contribution is 2.37. The lowest BCUT2D eigenvalue weighted by molar-refractivity contribution is 0.324. The van der Waals surface area contributed by atoms with Crippen molar-refractivity contribution < 1.29 is 18.6 Å². The fourth-order valence-electron chi connectivity index (χ4n) is 3.87. The van der Waals surface area contributed by atoms with E-state index in [1.165, 1.54) is 4.57 Å². The van der Waals surface area contributed by atoms with Crippen LogP contribution in [0.25, 0.3) is 27.8 Å². The number of benzene rings is 3. The van der Waals surface area contributed by atoms with E-state index in [-0.39, 0.29) is 17.1 Å². The highest BCUT2D eigenvalue weighted by Gasteiger charge is 2.18. The number of anilines is 1. The van der Waals surface area contributed by atoms with Gasteiger partial charge in [-0.1, -0.05) is 30.3 Å². The number of para-hydroxylation sites is 2. The third-order valence-corrected chi connectivity index (χ3v) is 5.48. The monoisotopic (exact) mass is 470 g/mol. The van der Waals surface area contributed by atoms with Crippen molar-refractivity contribution in [2.24, 2.45) is 5.10 Å². The van der Waals surface area contributed by atoms with Crippen molar-refractivity contribution in [2.45, 2.75) is 0 Å². The lowest BCUT2D eigenvalue weighted by Gasteiger charge is -2.13. The van der Waals surface area contributed by atoms with Gasteiger partial charge in [-0.25, -0.2) is 15.0 Å². The summed E-state index contributed by atoms with van der Waals surface area (Å²) in [5.41, 5.74) is 5.11. The molecule has 0 spiro atoms. The first-order valence-corrected chi connectivity index (χ1v) is 10.7. The Morgan fingerprint density at radius 3 is 2.31 bits per heavy atom. The molecule has 0 amide bonds. The van der Waals surface area contributed by atoms with Gasteiger partial charge >= 0.3 is 5.56 Å². The molecule has 2 heterocycles. The fourth-order valence-corrected chi connectivity index (χ4v) is 3.87. The highest BCUT2D eigenvalue weighted by atomic mass is 16.5. The molecule has 0 saturated carbocycles. The SMILES string of the molecule is COc1cc(/C=N/Nc2nc3c(oc4ccccc43)c(=O)n2-c2ccccc2)cc(OC)c1OC. The van der Waals surface area contributed by atoms with Gasteiger partial charge in [0.25, 0.3) is 0 Å².